The van der Waals surface area contributed by atoms with E-state index in [1.165, 1.54) is 0 Å². The number of carbonyl (C=O) groups is 4. The van der Waals surface area contributed by atoms with E-state index in [0.717, 1.165) is 0 Å². The van der Waals surface area contributed by atoms with Crippen molar-refractivity contribution in [1.29, 1.82) is 0 Å². The van der Waals surface area contributed by atoms with Gasteiger partial charge in [-0.2, -0.15) is 0 Å². The number of cyclic esters (lactones) is 2. The number of aliphatic hydroxyl groups is 2. The van der Waals surface area contributed by atoms with E-state index >= 15 is 0 Å². The van der Waals surface area contributed by atoms with Crippen molar-refractivity contribution in [2.24, 2.45) is 23.7 Å². The fourth-order valence-corrected chi connectivity index (χ4v) is 9.42. The lowest BCUT2D eigenvalue weighted by Crippen LogP contribution is -2.59. The van der Waals surface area contributed by atoms with Crippen LogP contribution in [-0.4, -0.2) is 101 Å². The Kier molecular flexibility index (Phi) is 16.1. The summed E-state index contributed by atoms with van der Waals surface area (Å²) >= 11 is 0. The summed E-state index contributed by atoms with van der Waals surface area (Å²) in [6, 6.07) is 0. The van der Waals surface area contributed by atoms with Gasteiger partial charge in [0.05, 0.1) is 36.6 Å². The van der Waals surface area contributed by atoms with Crippen molar-refractivity contribution in [3.63, 3.8) is 0 Å². The van der Waals surface area contributed by atoms with Crippen molar-refractivity contribution in [2.45, 2.75) is 192 Å². The molecule has 15 atom stereocenters. The summed E-state index contributed by atoms with van der Waals surface area (Å²) in [4.78, 5) is 56.4. The molecule has 0 radical (unpaired) electrons. The molecule has 14 nitrogen and oxygen atoms in total. The molecule has 0 amide bonds. The molecule has 4 saturated heterocycles. The zero-order valence-electron chi connectivity index (χ0n) is 36.8. The topological polar surface area (TPSA) is 183 Å². The molecule has 6 aliphatic heterocycles. The average Bonchev–Trinajstić information content (AvgIpc) is 3.70. The van der Waals surface area contributed by atoms with Gasteiger partial charge in [-0.1, -0.05) is 76.3 Å². The summed E-state index contributed by atoms with van der Waals surface area (Å²) in [7, 11) is 0. The molecule has 0 aromatic carbocycles. The van der Waals surface area contributed by atoms with Crippen LogP contribution in [0.25, 0.3) is 0 Å². The maximum Gasteiger partial charge on any atom is 0.536 e. The highest BCUT2D eigenvalue weighted by molar-refractivity contribution is 6.56. The molecule has 61 heavy (non-hydrogen) atoms. The second-order valence-corrected chi connectivity index (χ2v) is 18.3. The van der Waals surface area contributed by atoms with Crippen LogP contribution in [-0.2, 0) is 56.7 Å². The number of carbonyl (C=O) groups excluding carboxylic acids is 4. The molecular formula is C46H68BO14-. The van der Waals surface area contributed by atoms with Gasteiger partial charge in [0.15, 0.2) is 23.8 Å². The van der Waals surface area contributed by atoms with Gasteiger partial charge in [0.25, 0.3) is 0 Å². The van der Waals surface area contributed by atoms with E-state index in [9.17, 15) is 29.4 Å². The monoisotopic (exact) mass is 855 g/mol. The lowest BCUT2D eigenvalue weighted by molar-refractivity contribution is -0.294. The van der Waals surface area contributed by atoms with Crippen LogP contribution in [0.5, 0.6) is 0 Å². The van der Waals surface area contributed by atoms with Crippen molar-refractivity contribution in [2.75, 3.05) is 0 Å². The highest BCUT2D eigenvalue weighted by Crippen LogP contribution is 2.55. The molecule has 4 fully saturated rings. The van der Waals surface area contributed by atoms with E-state index in [-0.39, 0.29) is 24.4 Å². The Morgan fingerprint density at radius 1 is 0.525 bits per heavy atom. The van der Waals surface area contributed by atoms with E-state index in [1.54, 1.807) is 27.7 Å². The minimum atomic E-state index is -3.51. The molecule has 340 valence electrons. The van der Waals surface area contributed by atoms with Crippen molar-refractivity contribution < 1.29 is 67.0 Å². The molecule has 3 spiro atoms. The summed E-state index contributed by atoms with van der Waals surface area (Å²) in [6.07, 6.45) is 13.6. The highest BCUT2D eigenvalue weighted by atomic mass is 17.0. The maximum absolute atomic E-state index is 14.5. The number of ketones is 2. The number of aliphatic hydroxyl groups excluding tert-OH is 2. The summed E-state index contributed by atoms with van der Waals surface area (Å²) in [5, 5.41) is 21.7. The molecule has 15 heteroatoms. The Hall–Kier alpha value is -3.02. The minimum Gasteiger partial charge on any atom is -0.504 e. The third kappa shape index (κ3) is 11.0. The molecular weight excluding hydrogens is 787 g/mol. The van der Waals surface area contributed by atoms with Crippen LogP contribution in [0.1, 0.15) is 131 Å². The molecule has 2 N–H and O–H groups in total. The molecule has 0 aromatic rings. The van der Waals surface area contributed by atoms with E-state index in [1.807, 2.05) is 62.5 Å². The highest BCUT2D eigenvalue weighted by Gasteiger charge is 2.72. The van der Waals surface area contributed by atoms with Crippen molar-refractivity contribution in [3.8, 4) is 0 Å². The van der Waals surface area contributed by atoms with Crippen LogP contribution >= 0.6 is 0 Å². The third-order valence-electron chi connectivity index (χ3n) is 13.5. The third-order valence-corrected chi connectivity index (χ3v) is 13.5. The summed E-state index contributed by atoms with van der Waals surface area (Å²) < 4.78 is 52.5. The number of hydrogen-bond acceptors (Lipinski definition) is 14. The Morgan fingerprint density at radius 3 is 1.26 bits per heavy atom. The van der Waals surface area contributed by atoms with Gasteiger partial charge in [-0.05, 0) is 90.9 Å². The molecule has 1 unspecified atom stereocenters. The molecule has 0 saturated carbocycles. The quantitative estimate of drug-likeness (QED) is 0.201. The normalized spacial score (nSPS) is 46.2. The zero-order chi connectivity index (χ0) is 44.0. The largest absolute Gasteiger partial charge is 0.536 e. The molecule has 7 bridgehead atoms. The standard InChI is InChI=1S/C46H68BO14/c1-29-23-25-39-33(5)37(50)27-35(48)21-17-13-10-8-12-16-20-32(4)55-44(53)42-46-30(2)24-26-40(57-46)34(6)38(51)28-36(49)22-18-14-9-7-11-15-19-31(3)54-43(52)41-45(29,56-39)60-47(58-41,59-42)61-46/h7-14,29-36,39-42,48-49H,15-28H2,1-6H3/q-1/b11-7-,12-8-,13-10+,14-9+/t29-,30-,31-,32-,33-,34+,35+,36-,39+,40+,41+,42+,45+,46+,47?/m1/s1. The number of ether oxygens (including phenoxy) is 4. The van der Waals surface area contributed by atoms with E-state index in [2.05, 4.69) is 0 Å². The second kappa shape index (κ2) is 20.7. The Morgan fingerprint density at radius 2 is 0.885 bits per heavy atom. The smallest absolute Gasteiger partial charge is 0.504 e. The van der Waals surface area contributed by atoms with E-state index in [0.29, 0.717) is 77.0 Å². The second-order valence-electron chi connectivity index (χ2n) is 18.3. The van der Waals surface area contributed by atoms with Crippen molar-refractivity contribution in [3.05, 3.63) is 48.6 Å². The summed E-state index contributed by atoms with van der Waals surface area (Å²) in [6.45, 7) is 7.23. The molecule has 6 rings (SSSR count). The number of Topliss-reactive ketones (excluding diaryl/α,β-unsaturated/α-hetero) is 2. The number of rotatable bonds is 0. The van der Waals surface area contributed by atoms with Gasteiger partial charge in [-0.25, -0.2) is 9.59 Å². The number of hydrogen-bond donors (Lipinski definition) is 2. The Balaban J connectivity index is 1.43. The van der Waals surface area contributed by atoms with Gasteiger partial charge < -0.3 is 47.8 Å². The van der Waals surface area contributed by atoms with Crippen LogP contribution in [0, 0.1) is 23.7 Å². The summed E-state index contributed by atoms with van der Waals surface area (Å²) in [5.74, 6) is -8.24. The number of esters is 2. The molecule has 0 aromatic heterocycles. The minimum absolute atomic E-state index is 0.0710. The molecule has 6 heterocycles. The van der Waals surface area contributed by atoms with Gasteiger partial charge in [0.1, 0.15) is 11.6 Å². The van der Waals surface area contributed by atoms with Crippen molar-refractivity contribution in [1.82, 2.24) is 0 Å². The van der Waals surface area contributed by atoms with Gasteiger partial charge in [0.2, 0.25) is 0 Å². The van der Waals surface area contributed by atoms with Gasteiger partial charge >= 0.3 is 18.9 Å². The van der Waals surface area contributed by atoms with Crippen LogP contribution < -0.4 is 0 Å². The molecule has 0 aliphatic carbocycles. The predicted octanol–water partition coefficient (Wildman–Crippen LogP) is 6.42. The Bertz CT molecular complexity index is 1560. The lowest BCUT2D eigenvalue weighted by atomic mass is 9.82. The average molecular weight is 856 g/mol. The van der Waals surface area contributed by atoms with Gasteiger partial charge in [-0.3, -0.25) is 9.59 Å². The van der Waals surface area contributed by atoms with Crippen LogP contribution in [0.4, 0.5) is 0 Å². The predicted molar refractivity (Wildman–Crippen MR) is 224 cm³/mol. The first-order chi connectivity index (χ1) is 29.1. The SMILES string of the molecule is C[C@@H]1CC/C=C\C=C\CC[C@@H](O)CC(=O)[C@H](C)[C@@H]2CC[C@@H](C)[C@]3(O2)O[B-]24O[C@@H](C(=O)O1)[C@@]1(O[C@@H](CC[C@H]1C)[C@H](C)C(=O)C[C@@H](O)CC/C=C/C=C\CC[C@@H](C)OC(=O)[C@@H]3O2)O4. The van der Waals surface area contributed by atoms with Crippen LogP contribution in [0.2, 0.25) is 0 Å². The van der Waals surface area contributed by atoms with Crippen molar-refractivity contribution >= 4 is 30.5 Å². The Labute approximate surface area is 360 Å². The molecule has 6 aliphatic rings. The first kappa shape index (κ1) is 47.5. The lowest BCUT2D eigenvalue weighted by Gasteiger charge is -2.49. The first-order valence-electron chi connectivity index (χ1n) is 22.8. The fourth-order valence-electron chi connectivity index (χ4n) is 9.42. The van der Waals surface area contributed by atoms with E-state index in [4.69, 9.17) is 37.6 Å². The number of fused-ring (bicyclic) bond motifs is 4. The van der Waals surface area contributed by atoms with Crippen LogP contribution in [0.3, 0.4) is 0 Å². The van der Waals surface area contributed by atoms with Gasteiger partial charge in [0, 0.05) is 36.5 Å². The first-order valence-corrected chi connectivity index (χ1v) is 22.8. The zero-order valence-corrected chi connectivity index (χ0v) is 36.8. The maximum atomic E-state index is 14.5. The summed E-state index contributed by atoms with van der Waals surface area (Å²) in [5.41, 5.74) is 0. The van der Waals surface area contributed by atoms with E-state index < -0.39 is 103 Å². The number of allylic oxidation sites excluding steroid dienone is 8. The van der Waals surface area contributed by atoms with Gasteiger partial charge in [-0.15, -0.1) is 0 Å². The fraction of sp³-hybridized carbons (Fsp3) is 0.739. The van der Waals surface area contributed by atoms with Crippen LogP contribution in [0.15, 0.2) is 48.6 Å².